The first-order valence-electron chi connectivity index (χ1n) is 11.1. The molecule has 2 aromatic carbocycles. The predicted octanol–water partition coefficient (Wildman–Crippen LogP) is 5.96. The van der Waals surface area contributed by atoms with Gasteiger partial charge in [0.1, 0.15) is 17.6 Å². The monoisotopic (exact) mass is 582 g/mol. The lowest BCUT2D eigenvalue weighted by atomic mass is 10.0. The molecule has 1 aliphatic rings. The SMILES string of the molecule is Cc1cc(N2C(=S)N[C@H](c3ccccn3)[C@@H]2c2ccc(-c3ccc(Br)cc3)o2)ccc1NS(C)(=O)=O. The number of pyridine rings is 1. The van der Waals surface area contributed by atoms with Crippen LogP contribution in [0.5, 0.6) is 0 Å². The number of aromatic nitrogens is 1. The molecule has 2 N–H and O–H groups in total. The second-order valence-electron chi connectivity index (χ2n) is 8.58. The molecular weight excluding hydrogens is 560 g/mol. The van der Waals surface area contributed by atoms with Crippen LogP contribution in [0.4, 0.5) is 11.4 Å². The van der Waals surface area contributed by atoms with Crippen molar-refractivity contribution < 1.29 is 12.8 Å². The minimum atomic E-state index is -3.40. The topological polar surface area (TPSA) is 87.5 Å². The first-order chi connectivity index (χ1) is 17.2. The minimum absolute atomic E-state index is 0.253. The lowest BCUT2D eigenvalue weighted by molar-refractivity contribution is 0.439. The number of sulfonamides is 1. The van der Waals surface area contributed by atoms with Gasteiger partial charge < -0.3 is 14.6 Å². The highest BCUT2D eigenvalue weighted by Gasteiger charge is 2.42. The van der Waals surface area contributed by atoms with Crippen LogP contribution in [0.2, 0.25) is 0 Å². The third kappa shape index (κ3) is 5.02. The van der Waals surface area contributed by atoms with E-state index in [2.05, 4.69) is 31.0 Å². The van der Waals surface area contributed by atoms with E-state index in [1.807, 2.05) is 78.6 Å². The van der Waals surface area contributed by atoms with Gasteiger partial charge in [0, 0.05) is 21.9 Å². The lowest BCUT2D eigenvalue weighted by Crippen LogP contribution is -2.29. The Morgan fingerprint density at radius 1 is 1.08 bits per heavy atom. The molecule has 2 atom stereocenters. The lowest BCUT2D eigenvalue weighted by Gasteiger charge is -2.26. The quantitative estimate of drug-likeness (QED) is 0.271. The number of nitrogens with one attached hydrogen (secondary N) is 2. The molecule has 0 radical (unpaired) electrons. The third-order valence-corrected chi connectivity index (χ3v) is 7.36. The third-order valence-electron chi connectivity index (χ3n) is 5.93. The molecule has 10 heteroatoms. The molecule has 3 heterocycles. The fourth-order valence-electron chi connectivity index (χ4n) is 4.31. The van der Waals surface area contributed by atoms with E-state index in [1.54, 1.807) is 12.3 Å². The first-order valence-corrected chi connectivity index (χ1v) is 14.2. The van der Waals surface area contributed by atoms with Crippen molar-refractivity contribution in [1.29, 1.82) is 0 Å². The molecule has 0 spiro atoms. The van der Waals surface area contributed by atoms with Gasteiger partial charge in [-0.2, -0.15) is 0 Å². The molecule has 0 aliphatic carbocycles. The van der Waals surface area contributed by atoms with Crippen molar-refractivity contribution in [3.63, 3.8) is 0 Å². The van der Waals surface area contributed by atoms with Gasteiger partial charge in [0.05, 0.1) is 23.7 Å². The normalized spacial score (nSPS) is 17.8. The van der Waals surface area contributed by atoms with Crippen LogP contribution in [-0.2, 0) is 10.0 Å². The molecule has 4 aromatic rings. The number of hydrogen-bond acceptors (Lipinski definition) is 5. The number of rotatable bonds is 6. The van der Waals surface area contributed by atoms with Crippen LogP contribution in [-0.4, -0.2) is 24.8 Å². The van der Waals surface area contributed by atoms with E-state index >= 15 is 0 Å². The number of halogens is 1. The summed E-state index contributed by atoms with van der Waals surface area (Å²) < 4.78 is 33.4. The molecule has 5 rings (SSSR count). The van der Waals surface area contributed by atoms with E-state index in [0.29, 0.717) is 10.8 Å². The van der Waals surface area contributed by atoms with Crippen LogP contribution in [0.25, 0.3) is 11.3 Å². The molecule has 36 heavy (non-hydrogen) atoms. The predicted molar refractivity (Wildman–Crippen MR) is 149 cm³/mol. The van der Waals surface area contributed by atoms with Crippen LogP contribution < -0.4 is 14.9 Å². The molecule has 7 nitrogen and oxygen atoms in total. The number of aryl methyl sites for hydroxylation is 1. The van der Waals surface area contributed by atoms with Gasteiger partial charge in [-0.3, -0.25) is 9.71 Å². The van der Waals surface area contributed by atoms with Crippen LogP contribution in [0.15, 0.2) is 87.9 Å². The Hall–Kier alpha value is -3.21. The second-order valence-corrected chi connectivity index (χ2v) is 11.6. The second kappa shape index (κ2) is 9.68. The van der Waals surface area contributed by atoms with E-state index in [4.69, 9.17) is 16.6 Å². The molecule has 1 fully saturated rings. The number of benzene rings is 2. The summed E-state index contributed by atoms with van der Waals surface area (Å²) in [5.74, 6) is 1.48. The summed E-state index contributed by atoms with van der Waals surface area (Å²) in [4.78, 5) is 6.57. The molecular formula is C26H23BrN4O3S2. The number of thiocarbonyl (C=S) groups is 1. The molecule has 1 saturated heterocycles. The molecule has 0 amide bonds. The number of nitrogens with zero attached hydrogens (tertiary/aromatic N) is 2. The summed E-state index contributed by atoms with van der Waals surface area (Å²) in [5.41, 5.74) is 3.91. The Labute approximate surface area is 223 Å². The zero-order valence-electron chi connectivity index (χ0n) is 19.5. The maximum atomic E-state index is 11.7. The van der Waals surface area contributed by atoms with Gasteiger partial charge in [0.25, 0.3) is 0 Å². The van der Waals surface area contributed by atoms with Crippen molar-refractivity contribution in [2.75, 3.05) is 15.9 Å². The van der Waals surface area contributed by atoms with E-state index in [9.17, 15) is 8.42 Å². The average Bonchev–Trinajstić information content (AvgIpc) is 3.45. The van der Waals surface area contributed by atoms with E-state index < -0.39 is 10.0 Å². The van der Waals surface area contributed by atoms with Crippen molar-refractivity contribution in [1.82, 2.24) is 10.3 Å². The van der Waals surface area contributed by atoms with E-state index in [0.717, 1.165) is 44.8 Å². The van der Waals surface area contributed by atoms with Gasteiger partial charge in [-0.15, -0.1) is 0 Å². The first kappa shape index (κ1) is 24.5. The largest absolute Gasteiger partial charge is 0.459 e. The summed E-state index contributed by atoms with van der Waals surface area (Å²) in [7, 11) is -3.40. The van der Waals surface area contributed by atoms with Gasteiger partial charge in [0.2, 0.25) is 10.0 Å². The van der Waals surface area contributed by atoms with E-state index in [-0.39, 0.29) is 12.1 Å². The smallest absolute Gasteiger partial charge is 0.229 e. The molecule has 1 aliphatic heterocycles. The molecule has 0 unspecified atom stereocenters. The van der Waals surface area contributed by atoms with Gasteiger partial charge in [-0.25, -0.2) is 8.42 Å². The van der Waals surface area contributed by atoms with Crippen molar-refractivity contribution >= 4 is 54.7 Å². The Morgan fingerprint density at radius 3 is 2.53 bits per heavy atom. The van der Waals surface area contributed by atoms with Gasteiger partial charge in [0.15, 0.2) is 5.11 Å². The highest BCUT2D eigenvalue weighted by molar-refractivity contribution is 9.10. The zero-order valence-corrected chi connectivity index (χ0v) is 22.7. The van der Waals surface area contributed by atoms with Crippen LogP contribution in [0, 0.1) is 6.92 Å². The van der Waals surface area contributed by atoms with Gasteiger partial charge in [-0.1, -0.05) is 34.1 Å². The van der Waals surface area contributed by atoms with Crippen molar-refractivity contribution in [2.45, 2.75) is 19.0 Å². The highest BCUT2D eigenvalue weighted by Crippen LogP contribution is 2.43. The van der Waals surface area contributed by atoms with Crippen molar-refractivity contribution in [2.24, 2.45) is 0 Å². The van der Waals surface area contributed by atoms with Crippen molar-refractivity contribution in [3.05, 3.63) is 100 Å². The van der Waals surface area contributed by atoms with Crippen LogP contribution >= 0.6 is 28.1 Å². The van der Waals surface area contributed by atoms with Crippen molar-refractivity contribution in [3.8, 4) is 11.3 Å². The van der Waals surface area contributed by atoms with E-state index in [1.165, 1.54) is 0 Å². The fraction of sp³-hybridized carbons (Fsp3) is 0.154. The molecule has 0 saturated carbocycles. The Morgan fingerprint density at radius 2 is 1.86 bits per heavy atom. The minimum Gasteiger partial charge on any atom is -0.459 e. The van der Waals surface area contributed by atoms with Crippen LogP contribution in [0.1, 0.15) is 29.1 Å². The number of hydrogen-bond donors (Lipinski definition) is 2. The summed E-state index contributed by atoms with van der Waals surface area (Å²) in [6, 6.07) is 22.6. The standard InChI is InChI=1S/C26H23BrN4O3S2/c1-16-15-19(10-11-20(16)30-36(2,32)33)31-25(24(29-26(31)35)21-5-3-4-14-28-21)23-13-12-22(34-23)17-6-8-18(27)9-7-17/h3-15,24-25,30H,1-2H3,(H,29,35)/t24-,25+/m1/s1. The average molecular weight is 584 g/mol. The fourth-order valence-corrected chi connectivity index (χ4v) is 5.55. The Balaban J connectivity index is 1.57. The highest BCUT2D eigenvalue weighted by atomic mass is 79.9. The Kier molecular flexibility index (Phi) is 6.59. The molecule has 184 valence electrons. The summed E-state index contributed by atoms with van der Waals surface area (Å²) in [6.07, 6.45) is 2.89. The summed E-state index contributed by atoms with van der Waals surface area (Å²) in [5, 5.41) is 3.94. The Bertz CT molecular complexity index is 1520. The zero-order chi connectivity index (χ0) is 25.4. The molecule has 0 bridgehead atoms. The maximum absolute atomic E-state index is 11.7. The number of anilines is 2. The van der Waals surface area contributed by atoms with Crippen LogP contribution in [0.3, 0.4) is 0 Å². The van der Waals surface area contributed by atoms with Gasteiger partial charge >= 0.3 is 0 Å². The summed E-state index contributed by atoms with van der Waals surface area (Å²) >= 11 is 9.26. The number of furan rings is 1. The maximum Gasteiger partial charge on any atom is 0.229 e. The molecule has 2 aromatic heterocycles. The summed E-state index contributed by atoms with van der Waals surface area (Å²) in [6.45, 7) is 1.85. The van der Waals surface area contributed by atoms with Gasteiger partial charge in [-0.05, 0) is 79.3 Å².